The SMILES string of the molecule is CCC(=S)SNC(=O)c1ccccc1. The molecule has 0 radical (unpaired) electrons. The van der Waals surface area contributed by atoms with Crippen LogP contribution in [0.2, 0.25) is 0 Å². The molecule has 0 aliphatic rings. The molecule has 74 valence electrons. The highest BCUT2D eigenvalue weighted by atomic mass is 32.2. The smallest absolute Gasteiger partial charge is 0.261 e. The van der Waals surface area contributed by atoms with E-state index in [1.165, 1.54) is 11.9 Å². The Balaban J connectivity index is 2.48. The maximum Gasteiger partial charge on any atom is 0.261 e. The summed E-state index contributed by atoms with van der Waals surface area (Å²) in [5.74, 6) is -0.105. The minimum Gasteiger partial charge on any atom is -0.291 e. The van der Waals surface area contributed by atoms with Crippen LogP contribution in [0.15, 0.2) is 30.3 Å². The second-order valence-electron chi connectivity index (χ2n) is 2.62. The van der Waals surface area contributed by atoms with Gasteiger partial charge >= 0.3 is 0 Å². The van der Waals surface area contributed by atoms with E-state index < -0.39 is 0 Å². The number of amides is 1. The summed E-state index contributed by atoms with van der Waals surface area (Å²) in [6.07, 6.45) is 0.787. The normalized spacial score (nSPS) is 9.50. The van der Waals surface area contributed by atoms with Gasteiger partial charge in [-0.3, -0.25) is 9.52 Å². The van der Waals surface area contributed by atoms with Gasteiger partial charge in [0.1, 0.15) is 0 Å². The standard InChI is InChI=1S/C10H11NOS2/c1-2-9(13)14-11-10(12)8-6-4-3-5-7-8/h3-7H,2H2,1H3,(H,11,12). The third-order valence-corrected chi connectivity index (χ3v) is 2.92. The predicted molar refractivity (Wildman–Crippen MR) is 64.4 cm³/mol. The molecule has 0 bridgehead atoms. The Morgan fingerprint density at radius 1 is 1.43 bits per heavy atom. The second kappa shape index (κ2) is 5.78. The van der Waals surface area contributed by atoms with Crippen LogP contribution in [0.4, 0.5) is 0 Å². The monoisotopic (exact) mass is 225 g/mol. The molecule has 0 aliphatic carbocycles. The molecular weight excluding hydrogens is 214 g/mol. The molecule has 2 nitrogen and oxygen atoms in total. The molecule has 0 aliphatic heterocycles. The fourth-order valence-electron chi connectivity index (χ4n) is 0.824. The molecule has 1 aromatic rings. The van der Waals surface area contributed by atoms with Crippen LogP contribution in [0.25, 0.3) is 0 Å². The average Bonchev–Trinajstić information content (AvgIpc) is 2.26. The third-order valence-electron chi connectivity index (χ3n) is 1.58. The van der Waals surface area contributed by atoms with Crippen LogP contribution in [0, 0.1) is 0 Å². The lowest BCUT2D eigenvalue weighted by Crippen LogP contribution is -2.17. The van der Waals surface area contributed by atoms with Gasteiger partial charge in [0.15, 0.2) is 0 Å². The summed E-state index contributed by atoms with van der Waals surface area (Å²) < 4.78 is 3.47. The molecule has 1 aromatic carbocycles. The van der Waals surface area contributed by atoms with Crippen molar-refractivity contribution in [3.63, 3.8) is 0 Å². The Hall–Kier alpha value is -0.870. The van der Waals surface area contributed by atoms with E-state index in [-0.39, 0.29) is 5.91 Å². The zero-order valence-electron chi connectivity index (χ0n) is 7.82. The van der Waals surface area contributed by atoms with Gasteiger partial charge in [-0.15, -0.1) is 0 Å². The Bertz CT molecular complexity index is 324. The average molecular weight is 225 g/mol. The van der Waals surface area contributed by atoms with Crippen molar-refractivity contribution in [2.45, 2.75) is 13.3 Å². The van der Waals surface area contributed by atoms with Gasteiger partial charge in [0.2, 0.25) is 0 Å². The molecule has 0 aromatic heterocycles. The van der Waals surface area contributed by atoms with Crippen molar-refractivity contribution in [3.05, 3.63) is 35.9 Å². The summed E-state index contributed by atoms with van der Waals surface area (Å²) in [6, 6.07) is 9.08. The Morgan fingerprint density at radius 2 is 2.07 bits per heavy atom. The number of hydrogen-bond donors (Lipinski definition) is 1. The first-order valence-electron chi connectivity index (χ1n) is 4.29. The summed E-state index contributed by atoms with van der Waals surface area (Å²) in [5.41, 5.74) is 0.652. The van der Waals surface area contributed by atoms with Gasteiger partial charge < -0.3 is 0 Å². The van der Waals surface area contributed by atoms with E-state index in [0.717, 1.165) is 10.6 Å². The lowest BCUT2D eigenvalue weighted by Gasteiger charge is -2.03. The summed E-state index contributed by atoms with van der Waals surface area (Å²) in [5, 5.41) is 0. The van der Waals surface area contributed by atoms with Crippen LogP contribution < -0.4 is 4.72 Å². The molecule has 1 rings (SSSR count). The second-order valence-corrected chi connectivity index (χ2v) is 4.28. The third kappa shape index (κ3) is 3.47. The van der Waals surface area contributed by atoms with Crippen molar-refractivity contribution in [2.75, 3.05) is 0 Å². The van der Waals surface area contributed by atoms with Crippen molar-refractivity contribution in [3.8, 4) is 0 Å². The van der Waals surface area contributed by atoms with Crippen molar-refractivity contribution < 1.29 is 4.79 Å². The van der Waals surface area contributed by atoms with Crippen molar-refractivity contribution >= 4 is 34.3 Å². The van der Waals surface area contributed by atoms with Crippen LogP contribution >= 0.6 is 24.2 Å². The summed E-state index contributed by atoms with van der Waals surface area (Å²) in [6.45, 7) is 1.96. The number of nitrogens with one attached hydrogen (secondary N) is 1. The van der Waals surface area contributed by atoms with Crippen molar-refractivity contribution in [1.82, 2.24) is 4.72 Å². The first-order valence-corrected chi connectivity index (χ1v) is 5.51. The maximum absolute atomic E-state index is 11.5. The molecule has 1 amide bonds. The lowest BCUT2D eigenvalue weighted by atomic mass is 10.2. The van der Waals surface area contributed by atoms with E-state index >= 15 is 0 Å². The van der Waals surface area contributed by atoms with Crippen LogP contribution in [0.3, 0.4) is 0 Å². The van der Waals surface area contributed by atoms with Crippen LogP contribution in [-0.2, 0) is 0 Å². The Morgan fingerprint density at radius 3 is 2.64 bits per heavy atom. The highest BCUT2D eigenvalue weighted by Crippen LogP contribution is 2.05. The summed E-state index contributed by atoms with van der Waals surface area (Å²) in [7, 11) is 0. The number of carbonyl (C=O) groups is 1. The number of rotatable bonds is 2. The van der Waals surface area contributed by atoms with Crippen LogP contribution in [0.1, 0.15) is 23.7 Å². The first-order chi connectivity index (χ1) is 6.74. The molecule has 14 heavy (non-hydrogen) atoms. The Kier molecular flexibility index (Phi) is 4.62. The molecule has 0 saturated heterocycles. The minimum atomic E-state index is -0.105. The first kappa shape index (κ1) is 11.2. The molecule has 0 heterocycles. The topological polar surface area (TPSA) is 29.1 Å². The largest absolute Gasteiger partial charge is 0.291 e. The van der Waals surface area contributed by atoms with Gasteiger partial charge in [-0.25, -0.2) is 0 Å². The van der Waals surface area contributed by atoms with Gasteiger partial charge in [-0.1, -0.05) is 37.3 Å². The molecule has 0 atom stereocenters. The molecule has 0 spiro atoms. The molecule has 0 unspecified atom stereocenters. The van der Waals surface area contributed by atoms with E-state index in [9.17, 15) is 4.79 Å². The van der Waals surface area contributed by atoms with Gasteiger partial charge in [-0.05, 0) is 30.5 Å². The van der Waals surface area contributed by atoms with E-state index in [0.29, 0.717) is 5.56 Å². The van der Waals surface area contributed by atoms with Gasteiger partial charge in [0.25, 0.3) is 5.91 Å². The summed E-state index contributed by atoms with van der Waals surface area (Å²) >= 11 is 6.18. The molecule has 1 N–H and O–H groups in total. The number of carbonyl (C=O) groups excluding carboxylic acids is 1. The molecule has 0 saturated carbocycles. The molecular formula is C10H11NOS2. The van der Waals surface area contributed by atoms with Crippen LogP contribution in [0.5, 0.6) is 0 Å². The summed E-state index contributed by atoms with van der Waals surface area (Å²) in [4.78, 5) is 11.5. The molecule has 0 fully saturated rings. The van der Waals surface area contributed by atoms with Crippen molar-refractivity contribution in [1.29, 1.82) is 0 Å². The lowest BCUT2D eigenvalue weighted by molar-refractivity contribution is 0.0985. The maximum atomic E-state index is 11.5. The Labute approximate surface area is 93.2 Å². The molecule has 4 heteroatoms. The fraction of sp³-hybridized carbons (Fsp3) is 0.200. The number of benzene rings is 1. The van der Waals surface area contributed by atoms with E-state index in [4.69, 9.17) is 12.2 Å². The van der Waals surface area contributed by atoms with E-state index in [1.807, 2.05) is 25.1 Å². The van der Waals surface area contributed by atoms with E-state index in [1.54, 1.807) is 12.1 Å². The zero-order valence-corrected chi connectivity index (χ0v) is 9.45. The quantitative estimate of drug-likeness (QED) is 0.620. The number of thiocarbonyl (C=S) groups is 1. The van der Waals surface area contributed by atoms with Crippen molar-refractivity contribution in [2.24, 2.45) is 0 Å². The zero-order chi connectivity index (χ0) is 10.4. The highest BCUT2D eigenvalue weighted by molar-refractivity contribution is 8.22. The fourth-order valence-corrected chi connectivity index (χ4v) is 1.42. The minimum absolute atomic E-state index is 0.105. The van der Waals surface area contributed by atoms with Gasteiger partial charge in [-0.2, -0.15) is 0 Å². The predicted octanol–water partition coefficient (Wildman–Crippen LogP) is 2.80. The highest BCUT2D eigenvalue weighted by Gasteiger charge is 2.04. The van der Waals surface area contributed by atoms with Gasteiger partial charge in [0.05, 0.1) is 4.20 Å². The van der Waals surface area contributed by atoms with Gasteiger partial charge in [0, 0.05) is 5.56 Å². The van der Waals surface area contributed by atoms with Crippen LogP contribution in [-0.4, -0.2) is 10.1 Å². The van der Waals surface area contributed by atoms with E-state index in [2.05, 4.69) is 4.72 Å². The number of hydrogen-bond acceptors (Lipinski definition) is 3.